The van der Waals surface area contributed by atoms with Gasteiger partial charge in [-0.05, 0) is 45.5 Å². The highest BCUT2D eigenvalue weighted by molar-refractivity contribution is 6.05. The molecule has 0 fully saturated rings. The highest BCUT2D eigenvalue weighted by Crippen LogP contribution is 2.39. The molecule has 4 rings (SSSR count). The van der Waals surface area contributed by atoms with Crippen molar-refractivity contribution in [2.45, 2.75) is 6.92 Å². The molecule has 0 atom stereocenters. The molecule has 110 valence electrons. The molecule has 0 saturated heterocycles. The van der Waals surface area contributed by atoms with Gasteiger partial charge in [-0.25, -0.2) is 0 Å². The molecular weight excluding hydrogens is 276 g/mol. The van der Waals surface area contributed by atoms with Crippen molar-refractivity contribution in [2.75, 3.05) is 0 Å². The lowest BCUT2D eigenvalue weighted by atomic mass is 9.88. The van der Waals surface area contributed by atoms with Crippen molar-refractivity contribution >= 4 is 10.8 Å². The van der Waals surface area contributed by atoms with Gasteiger partial charge < -0.3 is 0 Å². The summed E-state index contributed by atoms with van der Waals surface area (Å²) in [6.07, 6.45) is 0. The summed E-state index contributed by atoms with van der Waals surface area (Å²) >= 11 is 0. The Labute approximate surface area is 137 Å². The summed E-state index contributed by atoms with van der Waals surface area (Å²) in [5, 5.41) is 2.64. The summed E-state index contributed by atoms with van der Waals surface area (Å²) < 4.78 is 0. The maximum absolute atomic E-state index is 2.25. The Balaban J connectivity index is 2.14. The Hall–Kier alpha value is -2.86. The van der Waals surface area contributed by atoms with Crippen LogP contribution in [-0.4, -0.2) is 0 Å². The lowest BCUT2D eigenvalue weighted by Gasteiger charge is -2.16. The fourth-order valence-electron chi connectivity index (χ4n) is 3.32. The maximum Gasteiger partial charge on any atom is -0.00242 e. The Morgan fingerprint density at radius 3 is 1.87 bits per heavy atom. The van der Waals surface area contributed by atoms with Gasteiger partial charge in [-0.2, -0.15) is 0 Å². The van der Waals surface area contributed by atoms with Crippen LogP contribution in [0.5, 0.6) is 0 Å². The molecule has 4 aromatic rings. The Morgan fingerprint density at radius 2 is 1.17 bits per heavy atom. The van der Waals surface area contributed by atoms with Crippen molar-refractivity contribution in [2.24, 2.45) is 0 Å². The predicted molar refractivity (Wildman–Crippen MR) is 99.6 cm³/mol. The van der Waals surface area contributed by atoms with Gasteiger partial charge in [0.1, 0.15) is 0 Å². The molecule has 0 nitrogen and oxygen atoms in total. The van der Waals surface area contributed by atoms with Crippen LogP contribution in [0.4, 0.5) is 0 Å². The Kier molecular flexibility index (Phi) is 3.44. The number of aryl methyl sites for hydroxylation is 1. The summed E-state index contributed by atoms with van der Waals surface area (Å²) in [7, 11) is 0. The predicted octanol–water partition coefficient (Wildman–Crippen LogP) is 6.48. The molecule has 0 unspecified atom stereocenters. The summed E-state index contributed by atoms with van der Waals surface area (Å²) in [6.45, 7) is 2.20. The minimum atomic E-state index is 1.26. The number of hydrogen-bond acceptors (Lipinski definition) is 0. The van der Waals surface area contributed by atoms with Crippen LogP contribution in [-0.2, 0) is 0 Å². The van der Waals surface area contributed by atoms with Crippen molar-refractivity contribution in [1.82, 2.24) is 0 Å². The first-order valence-corrected chi connectivity index (χ1v) is 7.98. The minimum Gasteiger partial charge on any atom is -0.0622 e. The average molecular weight is 294 g/mol. The van der Waals surface area contributed by atoms with Crippen LogP contribution < -0.4 is 0 Å². The summed E-state index contributed by atoms with van der Waals surface area (Å²) in [4.78, 5) is 0. The SMILES string of the molecule is Cc1cccc2ccc(-c3ccccc3)c(-c3ccccc3)c12. The van der Waals surface area contributed by atoms with E-state index >= 15 is 0 Å². The van der Waals surface area contributed by atoms with E-state index < -0.39 is 0 Å². The highest BCUT2D eigenvalue weighted by Gasteiger charge is 2.12. The Morgan fingerprint density at radius 1 is 0.522 bits per heavy atom. The monoisotopic (exact) mass is 294 g/mol. The molecule has 0 aliphatic carbocycles. The fourth-order valence-corrected chi connectivity index (χ4v) is 3.32. The smallest absolute Gasteiger partial charge is 0.00242 e. The number of benzene rings is 4. The van der Waals surface area contributed by atoms with E-state index in [1.54, 1.807) is 0 Å². The molecule has 0 amide bonds. The van der Waals surface area contributed by atoms with E-state index in [9.17, 15) is 0 Å². The number of fused-ring (bicyclic) bond motifs is 1. The second-order valence-corrected chi connectivity index (χ2v) is 5.89. The molecular formula is C23H18. The van der Waals surface area contributed by atoms with E-state index in [-0.39, 0.29) is 0 Å². The molecule has 0 aliphatic rings. The van der Waals surface area contributed by atoms with E-state index in [1.807, 2.05) is 0 Å². The van der Waals surface area contributed by atoms with Gasteiger partial charge >= 0.3 is 0 Å². The molecule has 0 bridgehead atoms. The van der Waals surface area contributed by atoms with Crippen molar-refractivity contribution in [3.8, 4) is 22.3 Å². The van der Waals surface area contributed by atoms with Crippen molar-refractivity contribution in [1.29, 1.82) is 0 Å². The first kappa shape index (κ1) is 13.8. The van der Waals surface area contributed by atoms with Crippen LogP contribution in [0.25, 0.3) is 33.0 Å². The maximum atomic E-state index is 2.25. The molecule has 0 radical (unpaired) electrons. The van der Waals surface area contributed by atoms with Crippen molar-refractivity contribution in [3.63, 3.8) is 0 Å². The Bertz CT molecular complexity index is 951. The van der Waals surface area contributed by atoms with Gasteiger partial charge in [0.2, 0.25) is 0 Å². The van der Waals surface area contributed by atoms with Crippen LogP contribution in [0.15, 0.2) is 91.0 Å². The molecule has 0 aliphatic heterocycles. The fraction of sp³-hybridized carbons (Fsp3) is 0.0435. The van der Waals surface area contributed by atoms with Crippen LogP contribution >= 0.6 is 0 Å². The van der Waals surface area contributed by atoms with Crippen molar-refractivity contribution in [3.05, 3.63) is 96.6 Å². The largest absolute Gasteiger partial charge is 0.0622 e. The van der Waals surface area contributed by atoms with Gasteiger partial charge in [0.25, 0.3) is 0 Å². The van der Waals surface area contributed by atoms with Crippen LogP contribution in [0.3, 0.4) is 0 Å². The lowest BCUT2D eigenvalue weighted by Crippen LogP contribution is -1.90. The van der Waals surface area contributed by atoms with Gasteiger partial charge in [-0.3, -0.25) is 0 Å². The van der Waals surface area contributed by atoms with E-state index in [0.717, 1.165) is 0 Å². The molecule has 4 aromatic carbocycles. The second-order valence-electron chi connectivity index (χ2n) is 5.89. The lowest BCUT2D eigenvalue weighted by molar-refractivity contribution is 1.52. The van der Waals surface area contributed by atoms with Gasteiger partial charge in [0.15, 0.2) is 0 Å². The van der Waals surface area contributed by atoms with E-state index in [0.29, 0.717) is 0 Å². The van der Waals surface area contributed by atoms with Gasteiger partial charge in [0, 0.05) is 0 Å². The van der Waals surface area contributed by atoms with Gasteiger partial charge in [-0.1, -0.05) is 91.0 Å². The first-order chi connectivity index (χ1) is 11.3. The number of hydrogen-bond donors (Lipinski definition) is 0. The first-order valence-electron chi connectivity index (χ1n) is 7.98. The standard InChI is InChI=1S/C23H18/c1-17-9-8-14-20-15-16-21(18-10-4-2-5-11-18)23(22(17)20)19-12-6-3-7-13-19/h2-16H,1H3. The van der Waals surface area contributed by atoms with E-state index in [2.05, 4.69) is 97.9 Å². The molecule has 0 aromatic heterocycles. The topological polar surface area (TPSA) is 0 Å². The average Bonchev–Trinajstić information content (AvgIpc) is 2.62. The zero-order valence-electron chi connectivity index (χ0n) is 13.2. The summed E-state index contributed by atoms with van der Waals surface area (Å²) in [5.74, 6) is 0. The van der Waals surface area contributed by atoms with Crippen molar-refractivity contribution < 1.29 is 0 Å². The molecule has 0 N–H and O–H groups in total. The van der Waals surface area contributed by atoms with E-state index in [4.69, 9.17) is 0 Å². The molecule has 0 heterocycles. The summed E-state index contributed by atoms with van der Waals surface area (Å²) in [6, 6.07) is 32.4. The van der Waals surface area contributed by atoms with Crippen LogP contribution in [0.1, 0.15) is 5.56 Å². The molecule has 23 heavy (non-hydrogen) atoms. The minimum absolute atomic E-state index is 1.26. The highest BCUT2D eigenvalue weighted by atomic mass is 14.2. The van der Waals surface area contributed by atoms with Gasteiger partial charge in [-0.15, -0.1) is 0 Å². The third kappa shape index (κ3) is 2.43. The third-order valence-electron chi connectivity index (χ3n) is 4.40. The zero-order chi connectivity index (χ0) is 15.6. The van der Waals surface area contributed by atoms with Crippen LogP contribution in [0.2, 0.25) is 0 Å². The molecule has 0 heteroatoms. The zero-order valence-corrected chi connectivity index (χ0v) is 13.2. The molecule has 0 spiro atoms. The third-order valence-corrected chi connectivity index (χ3v) is 4.40. The second kappa shape index (κ2) is 5.73. The molecule has 0 saturated carbocycles. The normalized spacial score (nSPS) is 10.8. The van der Waals surface area contributed by atoms with E-state index in [1.165, 1.54) is 38.6 Å². The summed E-state index contributed by atoms with van der Waals surface area (Å²) in [5.41, 5.74) is 6.47. The quantitative estimate of drug-likeness (QED) is 0.397. The van der Waals surface area contributed by atoms with Crippen LogP contribution in [0, 0.1) is 6.92 Å². The number of rotatable bonds is 2. The van der Waals surface area contributed by atoms with Gasteiger partial charge in [0.05, 0.1) is 0 Å².